The maximum absolute atomic E-state index is 12.5. The molecule has 0 aromatic rings. The topological polar surface area (TPSA) is 26.3 Å². The highest BCUT2D eigenvalue weighted by Gasteiger charge is 2.56. The first kappa shape index (κ1) is 18.5. The van der Waals surface area contributed by atoms with Crippen LogP contribution in [0.1, 0.15) is 26.7 Å². The van der Waals surface area contributed by atoms with Gasteiger partial charge < -0.3 is 4.74 Å². The lowest BCUT2D eigenvalue weighted by Gasteiger charge is -2.19. The molecule has 0 aliphatic rings. The van der Waals surface area contributed by atoms with Gasteiger partial charge in [-0.15, -0.1) is 0 Å². The molecule has 0 radical (unpaired) electrons. The van der Waals surface area contributed by atoms with E-state index in [0.717, 1.165) is 11.8 Å². The lowest BCUT2D eigenvalue weighted by molar-refractivity contribution is -0.284. The predicted octanol–water partition coefficient (Wildman–Crippen LogP) is 3.90. The van der Waals surface area contributed by atoms with Crippen molar-refractivity contribution >= 4 is 17.7 Å². The molecular formula is C11H17F5O2S. The fraction of sp³-hybridized carbons (Fsp3) is 0.909. The third-order valence-electron chi connectivity index (χ3n) is 1.99. The van der Waals surface area contributed by atoms with Crippen LogP contribution in [0.2, 0.25) is 0 Å². The molecule has 19 heavy (non-hydrogen) atoms. The Kier molecular flexibility index (Phi) is 7.69. The van der Waals surface area contributed by atoms with Crippen molar-refractivity contribution in [1.82, 2.24) is 0 Å². The Hall–Kier alpha value is -0.530. The average molecular weight is 308 g/mol. The van der Waals surface area contributed by atoms with Crippen molar-refractivity contribution in [1.29, 1.82) is 0 Å². The summed E-state index contributed by atoms with van der Waals surface area (Å²) in [6.07, 6.45) is -7.08. The molecule has 8 heteroatoms. The van der Waals surface area contributed by atoms with E-state index < -0.39 is 24.5 Å². The number of hydrogen-bond donors (Lipinski definition) is 0. The molecule has 0 atom stereocenters. The van der Waals surface area contributed by atoms with E-state index in [1.54, 1.807) is 0 Å². The Bertz CT molecular complexity index is 279. The van der Waals surface area contributed by atoms with Gasteiger partial charge in [0.25, 0.3) is 0 Å². The number of hydrogen-bond acceptors (Lipinski definition) is 3. The van der Waals surface area contributed by atoms with Crippen LogP contribution in [0.4, 0.5) is 22.0 Å². The van der Waals surface area contributed by atoms with Gasteiger partial charge in [0, 0.05) is 6.42 Å². The molecule has 0 aliphatic carbocycles. The number of carbonyl (C=O) groups excluding carboxylic acids is 1. The van der Waals surface area contributed by atoms with Crippen molar-refractivity contribution in [3.05, 3.63) is 0 Å². The van der Waals surface area contributed by atoms with Crippen molar-refractivity contribution < 1.29 is 31.5 Å². The standard InChI is InChI=1S/C11H17F5O2S/c1-8(2)6-18-9(17)7-19-5-3-4-10(12,13)11(14,15)16/h8H,3-7H2,1-2H3. The van der Waals surface area contributed by atoms with Crippen molar-refractivity contribution in [3.8, 4) is 0 Å². The van der Waals surface area contributed by atoms with Gasteiger partial charge in [-0.05, 0) is 18.1 Å². The van der Waals surface area contributed by atoms with Crippen LogP contribution >= 0.6 is 11.8 Å². The van der Waals surface area contributed by atoms with Gasteiger partial charge in [-0.25, -0.2) is 0 Å². The molecule has 0 saturated heterocycles. The number of thioether (sulfide) groups is 1. The van der Waals surface area contributed by atoms with E-state index in [0.29, 0.717) is 0 Å². The van der Waals surface area contributed by atoms with Crippen LogP contribution in [0.5, 0.6) is 0 Å². The molecule has 0 fully saturated rings. The minimum atomic E-state index is -5.51. The van der Waals surface area contributed by atoms with Crippen LogP contribution in [0.25, 0.3) is 0 Å². The molecule has 114 valence electrons. The fourth-order valence-corrected chi connectivity index (χ4v) is 1.74. The summed E-state index contributed by atoms with van der Waals surface area (Å²) in [4.78, 5) is 11.1. The smallest absolute Gasteiger partial charge is 0.453 e. The van der Waals surface area contributed by atoms with Gasteiger partial charge in [-0.1, -0.05) is 13.8 Å². The first-order valence-electron chi connectivity index (χ1n) is 5.74. The van der Waals surface area contributed by atoms with Gasteiger partial charge in [-0.3, -0.25) is 4.79 Å². The normalized spacial score (nSPS) is 12.8. The van der Waals surface area contributed by atoms with E-state index in [1.165, 1.54) is 0 Å². The van der Waals surface area contributed by atoms with E-state index in [2.05, 4.69) is 0 Å². The second-order valence-electron chi connectivity index (χ2n) is 4.44. The summed E-state index contributed by atoms with van der Waals surface area (Å²) in [5, 5.41) is 0. The maximum atomic E-state index is 12.5. The van der Waals surface area contributed by atoms with E-state index in [1.807, 2.05) is 13.8 Å². The molecule has 0 N–H and O–H groups in total. The van der Waals surface area contributed by atoms with Crippen LogP contribution in [0, 0.1) is 5.92 Å². The van der Waals surface area contributed by atoms with Crippen LogP contribution < -0.4 is 0 Å². The molecule has 0 aromatic carbocycles. The predicted molar refractivity (Wildman–Crippen MR) is 63.4 cm³/mol. The van der Waals surface area contributed by atoms with Gasteiger partial charge in [0.15, 0.2) is 0 Å². The highest BCUT2D eigenvalue weighted by Crippen LogP contribution is 2.38. The molecule has 0 unspecified atom stereocenters. The zero-order valence-corrected chi connectivity index (χ0v) is 11.5. The van der Waals surface area contributed by atoms with Crippen molar-refractivity contribution in [3.63, 3.8) is 0 Å². The van der Waals surface area contributed by atoms with Gasteiger partial charge >= 0.3 is 18.1 Å². The molecule has 0 aromatic heterocycles. The number of ether oxygens (including phenoxy) is 1. The summed E-state index contributed by atoms with van der Waals surface area (Å²) < 4.78 is 65.3. The van der Waals surface area contributed by atoms with Gasteiger partial charge in [0.2, 0.25) is 0 Å². The van der Waals surface area contributed by atoms with Crippen LogP contribution in [0.3, 0.4) is 0 Å². The summed E-state index contributed by atoms with van der Waals surface area (Å²) in [5.41, 5.74) is 0. The third kappa shape index (κ3) is 8.28. The quantitative estimate of drug-likeness (QED) is 0.386. The Morgan fingerprint density at radius 3 is 2.26 bits per heavy atom. The lowest BCUT2D eigenvalue weighted by atomic mass is 10.2. The Balaban J connectivity index is 3.69. The van der Waals surface area contributed by atoms with Gasteiger partial charge in [0.05, 0.1) is 12.4 Å². The second kappa shape index (κ2) is 7.91. The zero-order chi connectivity index (χ0) is 15.1. The van der Waals surface area contributed by atoms with E-state index in [9.17, 15) is 26.7 Å². The Labute approximate surface area is 113 Å². The minimum absolute atomic E-state index is 0.0374. The van der Waals surface area contributed by atoms with Crippen LogP contribution in [0.15, 0.2) is 0 Å². The maximum Gasteiger partial charge on any atom is 0.453 e. The summed E-state index contributed by atoms with van der Waals surface area (Å²) in [6, 6.07) is 0. The lowest BCUT2D eigenvalue weighted by Crippen LogP contribution is -2.36. The molecule has 0 heterocycles. The molecule has 2 nitrogen and oxygen atoms in total. The molecule has 0 bridgehead atoms. The van der Waals surface area contributed by atoms with Gasteiger partial charge in [-0.2, -0.15) is 33.7 Å². The highest BCUT2D eigenvalue weighted by molar-refractivity contribution is 7.99. The van der Waals surface area contributed by atoms with Crippen molar-refractivity contribution in [2.45, 2.75) is 38.8 Å². The van der Waals surface area contributed by atoms with Crippen molar-refractivity contribution in [2.75, 3.05) is 18.1 Å². The van der Waals surface area contributed by atoms with Gasteiger partial charge in [0.1, 0.15) is 0 Å². The van der Waals surface area contributed by atoms with Crippen molar-refractivity contribution in [2.24, 2.45) is 5.92 Å². The number of carbonyl (C=O) groups is 1. The monoisotopic (exact) mass is 308 g/mol. The van der Waals surface area contributed by atoms with E-state index >= 15 is 0 Å². The van der Waals surface area contributed by atoms with E-state index in [-0.39, 0.29) is 30.5 Å². The fourth-order valence-electron chi connectivity index (χ4n) is 0.995. The highest BCUT2D eigenvalue weighted by atomic mass is 32.2. The number of rotatable bonds is 8. The molecular weight excluding hydrogens is 291 g/mol. The summed E-state index contributed by atoms with van der Waals surface area (Å²) >= 11 is 0.989. The first-order valence-corrected chi connectivity index (χ1v) is 6.89. The number of halogens is 5. The molecule has 0 rings (SSSR count). The molecule has 0 aliphatic heterocycles. The van der Waals surface area contributed by atoms with Crippen LogP contribution in [-0.4, -0.2) is 36.2 Å². The third-order valence-corrected chi connectivity index (χ3v) is 3.01. The number of esters is 1. The second-order valence-corrected chi connectivity index (χ2v) is 5.54. The Morgan fingerprint density at radius 2 is 1.79 bits per heavy atom. The summed E-state index contributed by atoms with van der Waals surface area (Å²) in [6.45, 7) is 3.99. The SMILES string of the molecule is CC(C)COC(=O)CSCCCC(F)(F)C(F)(F)F. The Morgan fingerprint density at radius 1 is 1.21 bits per heavy atom. The zero-order valence-electron chi connectivity index (χ0n) is 10.7. The molecule has 0 spiro atoms. The molecule has 0 amide bonds. The minimum Gasteiger partial charge on any atom is -0.465 e. The number of alkyl halides is 5. The largest absolute Gasteiger partial charge is 0.465 e. The van der Waals surface area contributed by atoms with Crippen LogP contribution in [-0.2, 0) is 9.53 Å². The van der Waals surface area contributed by atoms with E-state index in [4.69, 9.17) is 4.74 Å². The summed E-state index contributed by atoms with van der Waals surface area (Å²) in [5.74, 6) is -4.93. The first-order chi connectivity index (χ1) is 8.56. The summed E-state index contributed by atoms with van der Waals surface area (Å²) in [7, 11) is 0. The molecule has 0 saturated carbocycles. The average Bonchev–Trinajstić information content (AvgIpc) is 2.24.